The molecule has 7 heteroatoms. The molecule has 0 bridgehead atoms. The number of carbonyl (C=O) groups excluding carboxylic acids is 1. The van der Waals surface area contributed by atoms with Gasteiger partial charge in [-0.2, -0.15) is 13.2 Å². The number of alkyl carbamates (subject to hydrolysis) is 1. The van der Waals surface area contributed by atoms with Crippen molar-refractivity contribution in [3.8, 4) is 0 Å². The van der Waals surface area contributed by atoms with E-state index in [-0.39, 0.29) is 18.2 Å². The minimum Gasteiger partial charge on any atom is -0.411 e. The molecule has 2 rings (SSSR count). The summed E-state index contributed by atoms with van der Waals surface area (Å²) in [6, 6.07) is -0.111. The molecule has 0 radical (unpaired) electrons. The van der Waals surface area contributed by atoms with E-state index in [2.05, 4.69) is 16.8 Å². The Morgan fingerprint density at radius 2 is 2.21 bits per heavy atom. The minimum atomic E-state index is -4.34. The minimum absolute atomic E-state index is 0.0683. The van der Waals surface area contributed by atoms with Crippen LogP contribution in [0.15, 0.2) is 60.4 Å². The van der Waals surface area contributed by atoms with Crippen LogP contribution in [0.4, 0.5) is 18.0 Å². The summed E-state index contributed by atoms with van der Waals surface area (Å²) < 4.78 is 43.5. The molecule has 1 saturated heterocycles. The number of allylic oxidation sites excluding steroid dienone is 6. The van der Waals surface area contributed by atoms with Crippen LogP contribution in [0.5, 0.6) is 0 Å². The molecule has 1 aliphatic heterocycles. The average Bonchev–Trinajstić information content (AvgIpc) is 2.61. The second kappa shape index (κ2) is 10.3. The van der Waals surface area contributed by atoms with Crippen LogP contribution in [0.2, 0.25) is 0 Å². The van der Waals surface area contributed by atoms with E-state index in [1.807, 2.05) is 31.2 Å². The molecule has 1 fully saturated rings. The number of alkyl halides is 3. The Kier molecular flexibility index (Phi) is 8.11. The predicted molar refractivity (Wildman–Crippen MR) is 104 cm³/mol. The predicted octanol–water partition coefficient (Wildman–Crippen LogP) is 4.89. The number of carbonyl (C=O) groups is 1. The van der Waals surface area contributed by atoms with Crippen molar-refractivity contribution >= 4 is 6.09 Å². The normalized spacial score (nSPS) is 23.8. The van der Waals surface area contributed by atoms with Crippen LogP contribution in [-0.2, 0) is 4.74 Å². The van der Waals surface area contributed by atoms with Gasteiger partial charge in [-0.1, -0.05) is 37.0 Å². The largest absolute Gasteiger partial charge is 0.412 e. The maximum absolute atomic E-state index is 12.8. The van der Waals surface area contributed by atoms with Crippen molar-refractivity contribution in [1.82, 2.24) is 10.2 Å². The van der Waals surface area contributed by atoms with Crippen molar-refractivity contribution < 1.29 is 22.7 Å². The van der Waals surface area contributed by atoms with E-state index < -0.39 is 18.2 Å². The summed E-state index contributed by atoms with van der Waals surface area (Å²) in [7, 11) is 0. The number of likely N-dealkylation sites (tertiary alicyclic amines) is 1. The summed E-state index contributed by atoms with van der Waals surface area (Å²) in [5.74, 6) is -1.69. The molecule has 1 amide bonds. The monoisotopic (exact) mass is 396 g/mol. The van der Waals surface area contributed by atoms with Crippen LogP contribution in [0.3, 0.4) is 0 Å². The van der Waals surface area contributed by atoms with Crippen LogP contribution in [0.1, 0.15) is 26.2 Å². The van der Waals surface area contributed by atoms with Crippen LogP contribution in [-0.4, -0.2) is 42.8 Å². The van der Waals surface area contributed by atoms with Crippen molar-refractivity contribution in [3.63, 3.8) is 0 Å². The van der Waals surface area contributed by atoms with E-state index in [0.717, 1.165) is 31.0 Å². The maximum Gasteiger partial charge on any atom is 0.412 e. The number of hydrogen-bond donors (Lipinski definition) is 1. The summed E-state index contributed by atoms with van der Waals surface area (Å²) in [4.78, 5) is 14.3. The van der Waals surface area contributed by atoms with Gasteiger partial charge >= 0.3 is 12.3 Å². The number of hydrogen-bond acceptors (Lipinski definition) is 3. The van der Waals surface area contributed by atoms with Gasteiger partial charge < -0.3 is 10.1 Å². The Morgan fingerprint density at radius 1 is 1.43 bits per heavy atom. The van der Waals surface area contributed by atoms with Crippen molar-refractivity contribution in [3.05, 3.63) is 60.4 Å². The molecule has 4 nitrogen and oxygen atoms in total. The van der Waals surface area contributed by atoms with Gasteiger partial charge in [0.25, 0.3) is 0 Å². The number of halogens is 3. The molecular formula is C21H27F3N2O2. The third kappa shape index (κ3) is 7.38. The van der Waals surface area contributed by atoms with Gasteiger partial charge in [-0.25, -0.2) is 4.79 Å². The van der Waals surface area contributed by atoms with Crippen LogP contribution in [0.25, 0.3) is 0 Å². The zero-order valence-corrected chi connectivity index (χ0v) is 16.0. The van der Waals surface area contributed by atoms with E-state index in [1.165, 1.54) is 12.2 Å². The van der Waals surface area contributed by atoms with Gasteiger partial charge in [0.2, 0.25) is 0 Å². The Hall–Kier alpha value is -2.28. The second-order valence-corrected chi connectivity index (χ2v) is 7.01. The lowest BCUT2D eigenvalue weighted by atomic mass is 9.99. The third-order valence-corrected chi connectivity index (χ3v) is 4.56. The molecule has 2 unspecified atom stereocenters. The Labute approximate surface area is 164 Å². The fourth-order valence-corrected chi connectivity index (χ4v) is 3.21. The lowest BCUT2D eigenvalue weighted by Gasteiger charge is -2.33. The van der Waals surface area contributed by atoms with E-state index in [1.54, 1.807) is 0 Å². The van der Waals surface area contributed by atoms with E-state index in [4.69, 9.17) is 4.74 Å². The van der Waals surface area contributed by atoms with Gasteiger partial charge in [-0.3, -0.25) is 4.90 Å². The number of amides is 1. The Balaban J connectivity index is 1.82. The molecule has 1 heterocycles. The summed E-state index contributed by atoms with van der Waals surface area (Å²) in [6.45, 7) is 8.22. The van der Waals surface area contributed by atoms with Gasteiger partial charge in [-0.15, -0.1) is 0 Å². The van der Waals surface area contributed by atoms with Gasteiger partial charge in [0, 0.05) is 19.1 Å². The van der Waals surface area contributed by atoms with E-state index in [0.29, 0.717) is 13.1 Å². The Morgan fingerprint density at radius 3 is 2.93 bits per heavy atom. The smallest absolute Gasteiger partial charge is 0.411 e. The molecular weight excluding hydrogens is 369 g/mol. The molecule has 0 spiro atoms. The first-order valence-corrected chi connectivity index (χ1v) is 9.41. The fraction of sp³-hybridized carbons (Fsp3) is 0.476. The highest BCUT2D eigenvalue weighted by molar-refractivity contribution is 5.69. The standard InChI is InChI=1S/C21H27F3N2O2/c1-3-4-5-8-16(2)14-26-12-7-10-18(15-26)25-20(27)28-19-11-6-9-17(13-19)21(22,23)24/h3-6,8,11,13,17-18H,2,7,9-10,12,14-15H2,1H3,(H,25,27)/b4-3-,8-5-. The molecule has 28 heavy (non-hydrogen) atoms. The number of ether oxygens (including phenoxy) is 1. The van der Waals surface area contributed by atoms with E-state index in [9.17, 15) is 18.0 Å². The first-order valence-electron chi connectivity index (χ1n) is 9.41. The molecule has 0 aromatic carbocycles. The number of nitrogens with one attached hydrogen (secondary N) is 1. The number of rotatable bonds is 6. The molecule has 154 valence electrons. The number of nitrogens with zero attached hydrogens (tertiary/aromatic N) is 1. The van der Waals surface area contributed by atoms with Crippen molar-refractivity contribution in [1.29, 1.82) is 0 Å². The number of piperidine rings is 1. The second-order valence-electron chi connectivity index (χ2n) is 7.01. The van der Waals surface area contributed by atoms with Crippen LogP contribution >= 0.6 is 0 Å². The molecule has 1 N–H and O–H groups in total. The van der Waals surface area contributed by atoms with Crippen LogP contribution < -0.4 is 5.32 Å². The first-order chi connectivity index (χ1) is 13.3. The highest BCUT2D eigenvalue weighted by atomic mass is 19.4. The van der Waals surface area contributed by atoms with Crippen LogP contribution in [0, 0.1) is 5.92 Å². The van der Waals surface area contributed by atoms with Crippen molar-refractivity contribution in [2.45, 2.75) is 38.4 Å². The molecule has 0 aromatic rings. The fourth-order valence-electron chi connectivity index (χ4n) is 3.21. The lowest BCUT2D eigenvalue weighted by Crippen LogP contribution is -2.48. The lowest BCUT2D eigenvalue weighted by molar-refractivity contribution is -0.160. The molecule has 2 aliphatic rings. The summed E-state index contributed by atoms with van der Waals surface area (Å²) in [5, 5.41) is 2.76. The molecule has 0 aromatic heterocycles. The zero-order valence-electron chi connectivity index (χ0n) is 16.0. The molecule has 0 saturated carbocycles. The van der Waals surface area contributed by atoms with Gasteiger partial charge in [0.15, 0.2) is 0 Å². The summed E-state index contributed by atoms with van der Waals surface area (Å²) in [5.41, 5.74) is 0.969. The highest BCUT2D eigenvalue weighted by Gasteiger charge is 2.38. The van der Waals surface area contributed by atoms with Gasteiger partial charge in [0.1, 0.15) is 5.76 Å². The molecule has 2 atom stereocenters. The topological polar surface area (TPSA) is 41.6 Å². The van der Waals surface area contributed by atoms with Crippen molar-refractivity contribution in [2.75, 3.05) is 19.6 Å². The zero-order chi connectivity index (χ0) is 20.6. The van der Waals surface area contributed by atoms with E-state index >= 15 is 0 Å². The maximum atomic E-state index is 12.8. The first kappa shape index (κ1) is 22.0. The summed E-state index contributed by atoms with van der Waals surface area (Å²) in [6.07, 6.45) is 7.97. The average molecular weight is 396 g/mol. The Bertz CT molecular complexity index is 678. The summed E-state index contributed by atoms with van der Waals surface area (Å²) >= 11 is 0. The quantitative estimate of drug-likeness (QED) is 0.650. The highest BCUT2D eigenvalue weighted by Crippen LogP contribution is 2.33. The molecule has 1 aliphatic carbocycles. The van der Waals surface area contributed by atoms with Gasteiger partial charge in [-0.05, 0) is 50.5 Å². The third-order valence-electron chi connectivity index (χ3n) is 4.56. The van der Waals surface area contributed by atoms with Crippen molar-refractivity contribution in [2.24, 2.45) is 5.92 Å². The SMILES string of the molecule is C=C(/C=C\C=C/C)CN1CCCC(NC(=O)OC2=CC(C(F)(F)F)CC=C2)C1. The van der Waals surface area contributed by atoms with Gasteiger partial charge in [0.05, 0.1) is 5.92 Å².